The topological polar surface area (TPSA) is 96.3 Å². The lowest BCUT2D eigenvalue weighted by Crippen LogP contribution is -2.43. The molecule has 0 aliphatic carbocycles. The number of hydrogen-bond acceptors (Lipinski definition) is 7. The Morgan fingerprint density at radius 3 is 2.44 bits per heavy atom. The molecule has 0 unspecified atom stereocenters. The van der Waals surface area contributed by atoms with Gasteiger partial charge in [0.25, 0.3) is 0 Å². The van der Waals surface area contributed by atoms with Crippen molar-refractivity contribution in [3.05, 3.63) is 54.7 Å². The Morgan fingerprint density at radius 2 is 1.81 bits per heavy atom. The lowest BCUT2D eigenvalue weighted by molar-refractivity contribution is 0.585. The van der Waals surface area contributed by atoms with Gasteiger partial charge in [0.15, 0.2) is 0 Å². The van der Waals surface area contributed by atoms with Gasteiger partial charge in [0.1, 0.15) is 11.9 Å². The van der Waals surface area contributed by atoms with Crippen LogP contribution in [0.2, 0.25) is 0 Å². The molecule has 1 fully saturated rings. The quantitative estimate of drug-likeness (QED) is 0.489. The van der Waals surface area contributed by atoms with Crippen LogP contribution in [0.3, 0.4) is 0 Å². The first kappa shape index (κ1) is 22.0. The van der Waals surface area contributed by atoms with Crippen molar-refractivity contribution in [1.82, 2.24) is 29.7 Å². The van der Waals surface area contributed by atoms with Crippen LogP contribution in [0.25, 0.3) is 27.8 Å². The molecule has 5 heterocycles. The van der Waals surface area contributed by atoms with E-state index in [9.17, 15) is 5.26 Å². The highest BCUT2D eigenvalue weighted by Gasteiger charge is 2.16. The molecule has 1 N–H and O–H groups in total. The molecule has 4 aromatic rings. The number of nitrogens with one attached hydrogen (secondary N) is 1. The first-order valence-corrected chi connectivity index (χ1v) is 10.5. The van der Waals surface area contributed by atoms with Crippen LogP contribution < -0.4 is 10.2 Å². The van der Waals surface area contributed by atoms with E-state index in [2.05, 4.69) is 72.3 Å². The van der Waals surface area contributed by atoms with Gasteiger partial charge >= 0.3 is 0 Å². The third-order valence-electron chi connectivity index (χ3n) is 5.27. The Hall–Kier alpha value is -3.16. The molecule has 32 heavy (non-hydrogen) atoms. The first-order chi connectivity index (χ1) is 15.6. The van der Waals surface area contributed by atoms with E-state index in [1.165, 1.54) is 0 Å². The van der Waals surface area contributed by atoms with Gasteiger partial charge in [-0.2, -0.15) is 19.3 Å². The van der Waals surface area contributed by atoms with Crippen LogP contribution in [0.15, 0.2) is 49.2 Å². The largest absolute Gasteiger partial charge is 0.354 e. The van der Waals surface area contributed by atoms with Gasteiger partial charge in [0, 0.05) is 74.1 Å². The van der Waals surface area contributed by atoms with Crippen LogP contribution in [-0.4, -0.2) is 50.6 Å². The number of aromatic nitrogens is 5. The Balaban J connectivity index is 0.000000775. The van der Waals surface area contributed by atoms with Crippen molar-refractivity contribution in [3.63, 3.8) is 0 Å². The Bertz CT molecular complexity index is 1240. The van der Waals surface area contributed by atoms with E-state index in [0.29, 0.717) is 5.56 Å². The fraction of sp³-hybridized carbons (Fsp3) is 0.238. The standard InChI is InChI=1S/C21H20N8.Cl2O/c1-27-13-18(12-25-27)16-8-19(21-17(9-22)11-26-29(21)14-16)15-2-3-20(24-10-15)28-6-4-23-5-7-28;1-3-2/h2-3,8,10-14,23H,4-7H2,1H3;. The zero-order valence-corrected chi connectivity index (χ0v) is 18.8. The molecule has 11 heteroatoms. The number of aryl methyl sites for hydroxylation is 1. The lowest BCUT2D eigenvalue weighted by atomic mass is 10.0. The van der Waals surface area contributed by atoms with Crippen LogP contribution in [0, 0.1) is 11.3 Å². The van der Waals surface area contributed by atoms with Gasteiger partial charge < -0.3 is 10.2 Å². The van der Waals surface area contributed by atoms with E-state index in [1.54, 1.807) is 15.4 Å². The highest BCUT2D eigenvalue weighted by molar-refractivity contribution is 6.24. The molecule has 0 amide bonds. The Labute approximate surface area is 195 Å². The van der Waals surface area contributed by atoms with Gasteiger partial charge in [-0.15, -0.1) is 0 Å². The van der Waals surface area contributed by atoms with Crippen molar-refractivity contribution in [2.45, 2.75) is 0 Å². The second kappa shape index (κ2) is 9.97. The van der Waals surface area contributed by atoms with Crippen molar-refractivity contribution < 1.29 is 3.84 Å². The van der Waals surface area contributed by atoms with Gasteiger partial charge in [0.05, 0.1) is 47.2 Å². The molecule has 164 valence electrons. The van der Waals surface area contributed by atoms with E-state index in [0.717, 1.165) is 59.8 Å². The monoisotopic (exact) mass is 470 g/mol. The summed E-state index contributed by atoms with van der Waals surface area (Å²) < 4.78 is 6.73. The SMILES string of the molecule is ClOCl.Cn1cc(-c2cc(-c3ccc(N4CCNCC4)nc3)c3c(C#N)cnn3c2)cn1. The maximum atomic E-state index is 9.55. The highest BCUT2D eigenvalue weighted by atomic mass is 35.6. The van der Waals surface area contributed by atoms with E-state index in [4.69, 9.17) is 4.98 Å². The average molecular weight is 471 g/mol. The van der Waals surface area contributed by atoms with Crippen molar-refractivity contribution >= 4 is 35.1 Å². The summed E-state index contributed by atoms with van der Waals surface area (Å²) in [4.78, 5) is 6.98. The molecule has 1 aliphatic rings. The number of fused-ring (bicyclic) bond motifs is 1. The highest BCUT2D eigenvalue weighted by Crippen LogP contribution is 2.32. The van der Waals surface area contributed by atoms with Crippen molar-refractivity contribution in [3.8, 4) is 28.3 Å². The molecular weight excluding hydrogens is 451 g/mol. The second-order valence-corrected chi connectivity index (χ2v) is 7.68. The fourth-order valence-electron chi connectivity index (χ4n) is 3.78. The van der Waals surface area contributed by atoms with Crippen molar-refractivity contribution in [1.29, 1.82) is 5.26 Å². The molecule has 5 rings (SSSR count). The normalized spacial score (nSPS) is 13.5. The number of nitriles is 1. The third kappa shape index (κ3) is 4.54. The van der Waals surface area contributed by atoms with Crippen molar-refractivity contribution in [2.75, 3.05) is 31.1 Å². The van der Waals surface area contributed by atoms with Crippen molar-refractivity contribution in [2.24, 2.45) is 7.05 Å². The van der Waals surface area contributed by atoms with E-state index >= 15 is 0 Å². The lowest BCUT2D eigenvalue weighted by Gasteiger charge is -2.28. The van der Waals surface area contributed by atoms with Gasteiger partial charge in [-0.1, -0.05) is 0 Å². The predicted octanol–water partition coefficient (Wildman–Crippen LogP) is 3.39. The zero-order chi connectivity index (χ0) is 22.5. The molecule has 1 aliphatic heterocycles. The summed E-state index contributed by atoms with van der Waals surface area (Å²) in [6.45, 7) is 3.85. The molecule has 0 radical (unpaired) electrons. The van der Waals surface area contributed by atoms with Crippen LogP contribution in [-0.2, 0) is 10.9 Å². The van der Waals surface area contributed by atoms with Crippen LogP contribution in [0.5, 0.6) is 0 Å². The van der Waals surface area contributed by atoms with Gasteiger partial charge in [-0.3, -0.25) is 4.68 Å². The zero-order valence-electron chi connectivity index (χ0n) is 17.2. The summed E-state index contributed by atoms with van der Waals surface area (Å²) in [6, 6.07) is 8.45. The molecule has 0 aromatic carbocycles. The first-order valence-electron chi connectivity index (χ1n) is 9.86. The van der Waals surface area contributed by atoms with Gasteiger partial charge in [-0.05, 0) is 18.2 Å². The number of nitrogens with zero attached hydrogens (tertiary/aromatic N) is 7. The minimum atomic E-state index is 0.545. The number of anilines is 1. The summed E-state index contributed by atoms with van der Waals surface area (Å²) in [5.74, 6) is 0.976. The van der Waals surface area contributed by atoms with E-state index < -0.39 is 0 Å². The number of halogens is 2. The van der Waals surface area contributed by atoms with Gasteiger partial charge in [0.2, 0.25) is 0 Å². The van der Waals surface area contributed by atoms with E-state index in [-0.39, 0.29) is 0 Å². The van der Waals surface area contributed by atoms with Crippen LogP contribution in [0.1, 0.15) is 5.56 Å². The third-order valence-corrected chi connectivity index (χ3v) is 5.27. The summed E-state index contributed by atoms with van der Waals surface area (Å²) >= 11 is 8.53. The molecule has 0 bridgehead atoms. The molecule has 0 atom stereocenters. The average Bonchev–Trinajstić information content (AvgIpc) is 3.45. The molecule has 9 nitrogen and oxygen atoms in total. The second-order valence-electron chi connectivity index (χ2n) is 7.21. The molecule has 0 saturated carbocycles. The number of rotatable bonds is 3. The molecule has 4 aromatic heterocycles. The Kier molecular flexibility index (Phi) is 6.87. The van der Waals surface area contributed by atoms with Crippen LogP contribution in [0.4, 0.5) is 5.82 Å². The predicted molar refractivity (Wildman–Crippen MR) is 123 cm³/mol. The number of pyridine rings is 2. The van der Waals surface area contributed by atoms with E-state index in [1.807, 2.05) is 31.8 Å². The summed E-state index contributed by atoms with van der Waals surface area (Å²) in [5, 5.41) is 21.6. The number of hydrogen-bond donors (Lipinski definition) is 1. The summed E-state index contributed by atoms with van der Waals surface area (Å²) in [5.41, 5.74) is 5.20. The van der Waals surface area contributed by atoms with Gasteiger partial charge in [-0.25, -0.2) is 9.50 Å². The summed E-state index contributed by atoms with van der Waals surface area (Å²) in [6.07, 6.45) is 9.21. The molecule has 1 saturated heterocycles. The minimum absolute atomic E-state index is 0.545. The van der Waals surface area contributed by atoms with Crippen LogP contribution >= 0.6 is 23.7 Å². The Morgan fingerprint density at radius 1 is 1.03 bits per heavy atom. The summed E-state index contributed by atoms with van der Waals surface area (Å²) in [7, 11) is 1.89. The number of piperazine rings is 1. The molecule has 0 spiro atoms. The minimum Gasteiger partial charge on any atom is -0.354 e. The molecular formula is C21H20Cl2N8O. The smallest absolute Gasteiger partial charge is 0.128 e. The maximum Gasteiger partial charge on any atom is 0.128 e. The maximum absolute atomic E-state index is 9.55. The fourth-order valence-corrected chi connectivity index (χ4v) is 3.78.